The predicted molar refractivity (Wildman–Crippen MR) is 220 cm³/mol. The molecule has 5 N–H and O–H groups in total. The summed E-state index contributed by atoms with van der Waals surface area (Å²) in [5.41, 5.74) is -1.14. The number of aliphatic carboxylic acids is 1. The summed E-state index contributed by atoms with van der Waals surface area (Å²) < 4.78 is 21.0. The SMILES string of the molecule is CC(C)(C)OC(=O)CCCCCCCCCCCCCCCCC(=O)NC(CCC(=O)NCCCCNC(=O)NCCOCCOCC(=O)O)C(=O)OC(C)(C)C. The van der Waals surface area contributed by atoms with Crippen LogP contribution in [-0.4, -0.2) is 104 Å². The number of carbonyl (C=O) groups excluding carboxylic acids is 5. The monoisotopic (exact) mass is 815 g/mol. The van der Waals surface area contributed by atoms with E-state index in [1.54, 1.807) is 20.8 Å². The third-order valence-corrected chi connectivity index (χ3v) is 8.48. The quantitative estimate of drug-likeness (QED) is 0.0345. The van der Waals surface area contributed by atoms with Crippen LogP contribution in [0.3, 0.4) is 0 Å². The predicted octanol–water partition coefficient (Wildman–Crippen LogP) is 6.49. The Labute approximate surface area is 342 Å². The molecular formula is C42H78N4O11. The van der Waals surface area contributed by atoms with Crippen molar-refractivity contribution in [1.29, 1.82) is 0 Å². The van der Waals surface area contributed by atoms with Gasteiger partial charge >= 0.3 is 23.9 Å². The molecule has 0 aromatic heterocycles. The van der Waals surface area contributed by atoms with Crippen molar-refractivity contribution in [3.63, 3.8) is 0 Å². The molecule has 0 fully saturated rings. The minimum atomic E-state index is -1.04. The van der Waals surface area contributed by atoms with Crippen molar-refractivity contribution in [3.8, 4) is 0 Å². The van der Waals surface area contributed by atoms with Gasteiger partial charge in [-0.3, -0.25) is 14.4 Å². The fourth-order valence-corrected chi connectivity index (χ4v) is 5.68. The number of ether oxygens (including phenoxy) is 4. The van der Waals surface area contributed by atoms with Gasteiger partial charge in [-0.15, -0.1) is 0 Å². The highest BCUT2D eigenvalue weighted by Gasteiger charge is 2.27. The zero-order valence-corrected chi connectivity index (χ0v) is 36.2. The maximum absolute atomic E-state index is 12.9. The van der Waals surface area contributed by atoms with Gasteiger partial charge in [0.25, 0.3) is 0 Å². The number of carbonyl (C=O) groups is 6. The van der Waals surface area contributed by atoms with Crippen LogP contribution in [0.5, 0.6) is 0 Å². The lowest BCUT2D eigenvalue weighted by Gasteiger charge is -2.24. The van der Waals surface area contributed by atoms with Gasteiger partial charge in [-0.1, -0.05) is 77.0 Å². The van der Waals surface area contributed by atoms with Crippen molar-refractivity contribution in [2.24, 2.45) is 0 Å². The van der Waals surface area contributed by atoms with Crippen molar-refractivity contribution in [2.45, 2.75) is 187 Å². The Kier molecular flexibility index (Phi) is 31.5. The Morgan fingerprint density at radius 2 is 0.982 bits per heavy atom. The molecule has 0 radical (unpaired) electrons. The summed E-state index contributed by atoms with van der Waals surface area (Å²) in [7, 11) is 0. The summed E-state index contributed by atoms with van der Waals surface area (Å²) >= 11 is 0. The molecule has 57 heavy (non-hydrogen) atoms. The summed E-state index contributed by atoms with van der Waals surface area (Å²) in [6.07, 6.45) is 18.0. The normalized spacial score (nSPS) is 12.0. The molecule has 332 valence electrons. The van der Waals surface area contributed by atoms with E-state index in [1.165, 1.54) is 51.4 Å². The first-order chi connectivity index (χ1) is 27.0. The maximum atomic E-state index is 12.9. The zero-order chi connectivity index (χ0) is 42.8. The van der Waals surface area contributed by atoms with Gasteiger partial charge in [0.2, 0.25) is 11.8 Å². The van der Waals surface area contributed by atoms with Gasteiger partial charge in [-0.05, 0) is 73.6 Å². The molecule has 15 nitrogen and oxygen atoms in total. The van der Waals surface area contributed by atoms with Gasteiger partial charge in [0.05, 0.1) is 19.8 Å². The second kappa shape index (κ2) is 33.5. The number of carboxylic acids is 1. The number of rotatable bonds is 35. The van der Waals surface area contributed by atoms with Crippen molar-refractivity contribution in [3.05, 3.63) is 0 Å². The number of esters is 2. The Morgan fingerprint density at radius 1 is 0.509 bits per heavy atom. The number of urea groups is 1. The Hall–Kier alpha value is -3.46. The zero-order valence-electron chi connectivity index (χ0n) is 36.2. The second-order valence-electron chi connectivity index (χ2n) is 16.5. The van der Waals surface area contributed by atoms with Crippen LogP contribution >= 0.6 is 0 Å². The van der Waals surface area contributed by atoms with Crippen LogP contribution in [0.4, 0.5) is 4.79 Å². The minimum Gasteiger partial charge on any atom is -0.480 e. The highest BCUT2D eigenvalue weighted by atomic mass is 16.6. The number of unbranched alkanes of at least 4 members (excludes halogenated alkanes) is 14. The first-order valence-corrected chi connectivity index (χ1v) is 21.4. The molecule has 0 aromatic carbocycles. The molecule has 0 aliphatic heterocycles. The highest BCUT2D eigenvalue weighted by molar-refractivity contribution is 5.85. The number of carboxylic acid groups (broad SMARTS) is 1. The van der Waals surface area contributed by atoms with E-state index < -0.39 is 29.2 Å². The van der Waals surface area contributed by atoms with Gasteiger partial charge in [0, 0.05) is 38.9 Å². The van der Waals surface area contributed by atoms with Crippen molar-refractivity contribution >= 4 is 35.8 Å². The van der Waals surface area contributed by atoms with E-state index in [0.717, 1.165) is 38.5 Å². The lowest BCUT2D eigenvalue weighted by molar-refractivity contribution is -0.159. The maximum Gasteiger partial charge on any atom is 0.329 e. The topological polar surface area (TPSA) is 208 Å². The minimum absolute atomic E-state index is 0.0516. The Morgan fingerprint density at radius 3 is 1.51 bits per heavy atom. The summed E-state index contributed by atoms with van der Waals surface area (Å²) in [6, 6.07) is -1.25. The van der Waals surface area contributed by atoms with Crippen LogP contribution in [0.2, 0.25) is 0 Å². The van der Waals surface area contributed by atoms with Crippen LogP contribution in [0, 0.1) is 0 Å². The molecule has 0 aliphatic rings. The molecule has 0 aliphatic carbocycles. The van der Waals surface area contributed by atoms with Gasteiger partial charge < -0.3 is 45.3 Å². The lowest BCUT2D eigenvalue weighted by atomic mass is 10.0. The Balaban J connectivity index is 4.03. The van der Waals surface area contributed by atoms with Gasteiger partial charge in [0.1, 0.15) is 23.9 Å². The highest BCUT2D eigenvalue weighted by Crippen LogP contribution is 2.16. The molecule has 0 bridgehead atoms. The smallest absolute Gasteiger partial charge is 0.329 e. The van der Waals surface area contributed by atoms with Crippen molar-refractivity contribution in [2.75, 3.05) is 46.1 Å². The largest absolute Gasteiger partial charge is 0.480 e. The van der Waals surface area contributed by atoms with E-state index in [2.05, 4.69) is 21.3 Å². The average molecular weight is 815 g/mol. The molecule has 1 unspecified atom stereocenters. The fourth-order valence-electron chi connectivity index (χ4n) is 5.68. The van der Waals surface area contributed by atoms with Crippen LogP contribution in [0.1, 0.15) is 170 Å². The molecule has 0 rings (SSSR count). The average Bonchev–Trinajstić information content (AvgIpc) is 3.10. The van der Waals surface area contributed by atoms with Gasteiger partial charge in [-0.2, -0.15) is 0 Å². The van der Waals surface area contributed by atoms with E-state index in [-0.39, 0.29) is 69.6 Å². The lowest BCUT2D eigenvalue weighted by Crippen LogP contribution is -2.44. The molecule has 0 spiro atoms. The van der Waals surface area contributed by atoms with Crippen LogP contribution in [0.25, 0.3) is 0 Å². The molecule has 0 saturated carbocycles. The Bertz CT molecular complexity index is 1120. The van der Waals surface area contributed by atoms with Crippen LogP contribution < -0.4 is 21.3 Å². The molecule has 15 heteroatoms. The van der Waals surface area contributed by atoms with Crippen LogP contribution in [-0.2, 0) is 42.9 Å². The molecular weight excluding hydrogens is 736 g/mol. The van der Waals surface area contributed by atoms with Crippen molar-refractivity contribution < 1.29 is 52.8 Å². The molecule has 1 atom stereocenters. The van der Waals surface area contributed by atoms with Crippen molar-refractivity contribution in [1.82, 2.24) is 21.3 Å². The number of hydrogen-bond acceptors (Lipinski definition) is 10. The van der Waals surface area contributed by atoms with E-state index in [1.807, 2.05) is 20.8 Å². The van der Waals surface area contributed by atoms with E-state index in [4.69, 9.17) is 24.1 Å². The van der Waals surface area contributed by atoms with Crippen LogP contribution in [0.15, 0.2) is 0 Å². The van der Waals surface area contributed by atoms with E-state index in [9.17, 15) is 28.8 Å². The van der Waals surface area contributed by atoms with Gasteiger partial charge in [0.15, 0.2) is 0 Å². The number of nitrogens with one attached hydrogen (secondary N) is 4. The third kappa shape index (κ3) is 39.2. The second-order valence-corrected chi connectivity index (χ2v) is 16.5. The summed E-state index contributed by atoms with van der Waals surface area (Å²) in [5, 5.41) is 19.5. The molecule has 0 saturated heterocycles. The number of hydrogen-bond donors (Lipinski definition) is 5. The molecule has 0 aromatic rings. The fraction of sp³-hybridized carbons (Fsp3) is 0.857. The summed E-state index contributed by atoms with van der Waals surface area (Å²) in [4.78, 5) is 72.1. The standard InChI is InChI=1S/C42H78N4O11/c1-41(2,3)56-38(51)24-20-18-16-14-12-10-8-7-9-11-13-15-17-19-23-36(48)46-34(39(52)57-42(4,5)6)25-26-35(47)43-27-21-22-28-44-40(53)45-29-30-54-31-32-55-33-37(49)50/h34H,7-33H2,1-6H3,(H,43,47)(H,46,48)(H,49,50)(H2,44,45,53). The third-order valence-electron chi connectivity index (χ3n) is 8.48. The summed E-state index contributed by atoms with van der Waals surface area (Å²) in [6.45, 7) is 12.4. The van der Waals surface area contributed by atoms with E-state index >= 15 is 0 Å². The van der Waals surface area contributed by atoms with E-state index in [0.29, 0.717) is 38.8 Å². The van der Waals surface area contributed by atoms with Gasteiger partial charge in [-0.25, -0.2) is 14.4 Å². The number of amides is 4. The molecule has 4 amide bonds. The molecule has 0 heterocycles. The summed E-state index contributed by atoms with van der Waals surface area (Å²) in [5.74, 6) is -2.16. The first-order valence-electron chi connectivity index (χ1n) is 21.4. The first kappa shape index (κ1) is 53.5.